The highest BCUT2D eigenvalue weighted by Gasteiger charge is 2.37. The molecule has 26 heavy (non-hydrogen) atoms. The number of nitrogens with zero attached hydrogens (tertiary/aromatic N) is 2. The topological polar surface area (TPSA) is 127 Å². The Kier molecular flexibility index (Phi) is 4.45. The zero-order chi connectivity index (χ0) is 19.3. The monoisotopic (exact) mass is 404 g/mol. The first kappa shape index (κ1) is 18.6. The minimum Gasteiger partial charge on any atom is -0.441 e. The molecular weight excluding hydrogens is 388 g/mol. The van der Waals surface area contributed by atoms with Crippen LogP contribution in [0.4, 0.5) is 16.2 Å². The van der Waals surface area contributed by atoms with Crippen molar-refractivity contribution in [2.45, 2.75) is 11.0 Å². The number of hydrogen-bond acceptors (Lipinski definition) is 8. The Morgan fingerprint density at radius 3 is 2.65 bits per heavy atom. The highest BCUT2D eigenvalue weighted by atomic mass is 32.2. The number of carbonyl (C=O) groups excluding carboxylic acids is 2. The van der Waals surface area contributed by atoms with Crippen molar-refractivity contribution in [1.82, 2.24) is 0 Å². The molecule has 10 nitrogen and oxygen atoms in total. The minimum atomic E-state index is -3.81. The van der Waals surface area contributed by atoms with E-state index in [4.69, 9.17) is 4.74 Å². The first-order valence-corrected chi connectivity index (χ1v) is 10.9. The highest BCUT2D eigenvalue weighted by Crippen LogP contribution is 2.34. The third kappa shape index (κ3) is 3.52. The molecule has 2 aliphatic heterocycles. The van der Waals surface area contributed by atoms with Crippen LogP contribution in [0.15, 0.2) is 23.1 Å². The van der Waals surface area contributed by atoms with Crippen LogP contribution in [0, 0.1) is 0 Å². The average molecular weight is 404 g/mol. The fraction of sp³-hybridized carbons (Fsp3) is 0.429. The van der Waals surface area contributed by atoms with Crippen LogP contribution in [0.1, 0.15) is 0 Å². The molecule has 2 amide bonds. The summed E-state index contributed by atoms with van der Waals surface area (Å²) in [4.78, 5) is 26.2. The number of anilines is 2. The second-order valence-electron chi connectivity index (χ2n) is 5.97. The zero-order valence-electron chi connectivity index (χ0n) is 13.9. The summed E-state index contributed by atoms with van der Waals surface area (Å²) in [7, 11) is -6.02. The van der Waals surface area contributed by atoms with E-state index in [0.29, 0.717) is 0 Å². The second-order valence-corrected chi connectivity index (χ2v) is 9.57. The summed E-state index contributed by atoms with van der Waals surface area (Å²) in [5, 5.41) is 0. The molecule has 0 spiro atoms. The molecule has 0 aliphatic carbocycles. The SMILES string of the molecule is CN1C(=O)CS(=O)(=O)c2cc(N3C[C@H](COS(C)(=O)=O)OC3=O)ccc21. The zero-order valence-corrected chi connectivity index (χ0v) is 15.5. The van der Waals surface area contributed by atoms with Gasteiger partial charge in [-0.3, -0.25) is 13.9 Å². The maximum absolute atomic E-state index is 12.3. The van der Waals surface area contributed by atoms with Crippen molar-refractivity contribution >= 4 is 43.3 Å². The lowest BCUT2D eigenvalue weighted by molar-refractivity contribution is -0.116. The van der Waals surface area contributed by atoms with Crippen LogP contribution in [-0.4, -0.2) is 67.1 Å². The number of rotatable bonds is 4. The third-order valence-electron chi connectivity index (χ3n) is 3.98. The van der Waals surface area contributed by atoms with E-state index in [9.17, 15) is 26.4 Å². The molecule has 1 aromatic carbocycles. The van der Waals surface area contributed by atoms with E-state index in [1.807, 2.05) is 0 Å². The normalized spacial score (nSPS) is 22.3. The van der Waals surface area contributed by atoms with Gasteiger partial charge < -0.3 is 9.64 Å². The smallest absolute Gasteiger partial charge is 0.414 e. The van der Waals surface area contributed by atoms with E-state index >= 15 is 0 Å². The quantitative estimate of drug-likeness (QED) is 0.628. The van der Waals surface area contributed by atoms with Gasteiger partial charge in [0.2, 0.25) is 5.91 Å². The Hall–Kier alpha value is -2.18. The lowest BCUT2D eigenvalue weighted by Gasteiger charge is -2.26. The molecule has 2 aliphatic rings. The molecule has 0 N–H and O–H groups in total. The number of hydrogen-bond donors (Lipinski definition) is 0. The summed E-state index contributed by atoms with van der Waals surface area (Å²) in [5.41, 5.74) is 0.497. The van der Waals surface area contributed by atoms with Gasteiger partial charge in [-0.2, -0.15) is 8.42 Å². The minimum absolute atomic E-state index is 0.00194. The number of cyclic esters (lactones) is 1. The Bertz CT molecular complexity index is 986. The Morgan fingerprint density at radius 2 is 2.00 bits per heavy atom. The van der Waals surface area contributed by atoms with Crippen LogP contribution >= 0.6 is 0 Å². The van der Waals surface area contributed by atoms with Crippen LogP contribution in [0.2, 0.25) is 0 Å². The van der Waals surface area contributed by atoms with Gasteiger partial charge in [0.25, 0.3) is 10.1 Å². The van der Waals surface area contributed by atoms with E-state index in [0.717, 1.165) is 6.26 Å². The van der Waals surface area contributed by atoms with E-state index in [2.05, 4.69) is 4.18 Å². The highest BCUT2D eigenvalue weighted by molar-refractivity contribution is 7.92. The summed E-state index contributed by atoms with van der Waals surface area (Å²) in [5.74, 6) is -1.18. The fourth-order valence-corrected chi connectivity index (χ4v) is 4.58. The molecule has 142 valence electrons. The van der Waals surface area contributed by atoms with E-state index < -0.39 is 43.8 Å². The summed E-state index contributed by atoms with van der Waals surface area (Å²) >= 11 is 0. The lowest BCUT2D eigenvalue weighted by atomic mass is 10.2. The molecule has 1 fully saturated rings. The van der Waals surface area contributed by atoms with E-state index in [-0.39, 0.29) is 29.4 Å². The average Bonchev–Trinajstić information content (AvgIpc) is 2.90. The number of carbonyl (C=O) groups is 2. The van der Waals surface area contributed by atoms with Gasteiger partial charge in [0.1, 0.15) is 18.5 Å². The third-order valence-corrected chi connectivity index (χ3v) is 6.17. The lowest BCUT2D eigenvalue weighted by Crippen LogP contribution is -2.38. The van der Waals surface area contributed by atoms with Crippen molar-refractivity contribution in [2.75, 3.05) is 42.0 Å². The maximum Gasteiger partial charge on any atom is 0.414 e. The van der Waals surface area contributed by atoms with Gasteiger partial charge in [0, 0.05) is 12.7 Å². The molecular formula is C14H16N2O8S2. The van der Waals surface area contributed by atoms with Crippen molar-refractivity contribution in [3.05, 3.63) is 18.2 Å². The summed E-state index contributed by atoms with van der Waals surface area (Å²) in [6, 6.07) is 4.23. The van der Waals surface area contributed by atoms with Crippen molar-refractivity contribution in [1.29, 1.82) is 0 Å². The Labute approximate surface area is 150 Å². The molecule has 2 heterocycles. The van der Waals surface area contributed by atoms with Crippen LogP contribution in [-0.2, 0) is 33.7 Å². The molecule has 0 unspecified atom stereocenters. The number of benzene rings is 1. The molecule has 0 saturated carbocycles. The molecule has 0 bridgehead atoms. The first-order valence-electron chi connectivity index (χ1n) is 7.44. The van der Waals surface area contributed by atoms with Gasteiger partial charge in [-0.05, 0) is 18.2 Å². The Morgan fingerprint density at radius 1 is 1.31 bits per heavy atom. The maximum atomic E-state index is 12.3. The molecule has 12 heteroatoms. The fourth-order valence-electron chi connectivity index (χ4n) is 2.69. The largest absolute Gasteiger partial charge is 0.441 e. The van der Waals surface area contributed by atoms with Crippen molar-refractivity contribution in [3.63, 3.8) is 0 Å². The van der Waals surface area contributed by atoms with E-state index in [1.54, 1.807) is 0 Å². The molecule has 3 rings (SSSR count). The van der Waals surface area contributed by atoms with Crippen LogP contribution in [0.3, 0.4) is 0 Å². The molecule has 0 aromatic heterocycles. The summed E-state index contributed by atoms with van der Waals surface area (Å²) in [6.45, 7) is -0.330. The Balaban J connectivity index is 1.87. The van der Waals surface area contributed by atoms with Gasteiger partial charge in [-0.15, -0.1) is 0 Å². The van der Waals surface area contributed by atoms with Gasteiger partial charge in [-0.25, -0.2) is 13.2 Å². The predicted octanol–water partition coefficient (Wildman–Crippen LogP) is -0.262. The molecule has 0 radical (unpaired) electrons. The number of amides is 2. The van der Waals surface area contributed by atoms with Gasteiger partial charge >= 0.3 is 6.09 Å². The van der Waals surface area contributed by atoms with Crippen molar-refractivity contribution in [2.24, 2.45) is 0 Å². The molecule has 1 atom stereocenters. The van der Waals surface area contributed by atoms with Gasteiger partial charge in [0.05, 0.1) is 23.4 Å². The standard InChI is InChI=1S/C14H16N2O8S2/c1-15-11-4-3-9(5-12(11)26(21,22)8-13(15)17)16-6-10(24-14(16)18)7-23-25(2,19)20/h3-5,10H,6-8H2,1-2H3/t10-/m1/s1. The number of fused-ring (bicyclic) bond motifs is 1. The summed E-state index contributed by atoms with van der Waals surface area (Å²) in [6.07, 6.45) is -0.674. The molecule has 1 saturated heterocycles. The van der Waals surface area contributed by atoms with Crippen LogP contribution in [0.5, 0.6) is 0 Å². The van der Waals surface area contributed by atoms with Crippen LogP contribution in [0.25, 0.3) is 0 Å². The van der Waals surface area contributed by atoms with E-state index in [1.165, 1.54) is 35.0 Å². The number of ether oxygens (including phenoxy) is 1. The van der Waals surface area contributed by atoms with Crippen molar-refractivity contribution in [3.8, 4) is 0 Å². The van der Waals surface area contributed by atoms with Gasteiger partial charge in [0.15, 0.2) is 9.84 Å². The molecule has 1 aromatic rings. The predicted molar refractivity (Wildman–Crippen MR) is 90.3 cm³/mol. The van der Waals surface area contributed by atoms with Crippen molar-refractivity contribution < 1.29 is 35.3 Å². The second kappa shape index (κ2) is 6.21. The summed E-state index contributed by atoms with van der Waals surface area (Å²) < 4.78 is 56.3. The number of sulfone groups is 1. The van der Waals surface area contributed by atoms with Gasteiger partial charge in [-0.1, -0.05) is 0 Å². The first-order chi connectivity index (χ1) is 12.0. The van der Waals surface area contributed by atoms with Crippen LogP contribution < -0.4 is 9.80 Å².